The molecule has 0 unspecified atom stereocenters. The summed E-state index contributed by atoms with van der Waals surface area (Å²) in [5, 5.41) is 3.41. The Labute approximate surface area is 161 Å². The highest BCUT2D eigenvalue weighted by atomic mass is 19.1. The van der Waals surface area contributed by atoms with E-state index in [1.165, 1.54) is 12.1 Å². The molecule has 0 bridgehead atoms. The van der Waals surface area contributed by atoms with Crippen LogP contribution < -0.4 is 5.32 Å². The number of hydrogen-bond acceptors (Lipinski definition) is 3. The van der Waals surface area contributed by atoms with Crippen LogP contribution in [0.2, 0.25) is 0 Å². The van der Waals surface area contributed by atoms with Gasteiger partial charge in [0.1, 0.15) is 17.5 Å². The molecular formula is C23H28FNO2. The van der Waals surface area contributed by atoms with Crippen molar-refractivity contribution < 1.29 is 13.9 Å². The lowest BCUT2D eigenvalue weighted by atomic mass is 9.82. The van der Waals surface area contributed by atoms with Crippen molar-refractivity contribution in [1.82, 2.24) is 5.32 Å². The summed E-state index contributed by atoms with van der Waals surface area (Å²) in [6, 6.07) is 16.8. The first-order chi connectivity index (χ1) is 13.2. The predicted molar refractivity (Wildman–Crippen MR) is 106 cm³/mol. The molecule has 27 heavy (non-hydrogen) atoms. The fourth-order valence-electron chi connectivity index (χ4n) is 3.53. The van der Waals surface area contributed by atoms with E-state index in [2.05, 4.69) is 30.4 Å². The van der Waals surface area contributed by atoms with Gasteiger partial charge in [0, 0.05) is 6.54 Å². The van der Waals surface area contributed by atoms with Gasteiger partial charge in [0.25, 0.3) is 0 Å². The fourth-order valence-corrected chi connectivity index (χ4v) is 3.53. The molecule has 0 saturated carbocycles. The normalized spacial score (nSPS) is 23.0. The average molecular weight is 369 g/mol. The average Bonchev–Trinajstić information content (AvgIpc) is 2.72. The molecule has 0 radical (unpaired) electrons. The molecule has 1 saturated heterocycles. The van der Waals surface area contributed by atoms with E-state index in [-0.39, 0.29) is 11.9 Å². The third kappa shape index (κ3) is 5.04. The van der Waals surface area contributed by atoms with Crippen molar-refractivity contribution >= 4 is 0 Å². The Morgan fingerprint density at radius 1 is 1.11 bits per heavy atom. The van der Waals surface area contributed by atoms with Crippen LogP contribution >= 0.6 is 0 Å². The van der Waals surface area contributed by atoms with Crippen LogP contribution in [-0.2, 0) is 21.7 Å². The van der Waals surface area contributed by atoms with Gasteiger partial charge in [-0.25, -0.2) is 4.39 Å². The maximum atomic E-state index is 13.5. The third-order valence-corrected chi connectivity index (χ3v) is 4.99. The Morgan fingerprint density at radius 3 is 2.63 bits per heavy atom. The molecule has 1 aliphatic heterocycles. The number of halogens is 1. The van der Waals surface area contributed by atoms with Crippen LogP contribution in [0.5, 0.6) is 0 Å². The zero-order chi connectivity index (χ0) is 19.0. The maximum Gasteiger partial charge on any atom is 0.123 e. The SMILES string of the molecule is CC/C=C/CO[C@H]1CNCC[C@]1(OCc1ccccc1)c1ccc(F)cc1. The second-order valence-electron chi connectivity index (χ2n) is 6.83. The summed E-state index contributed by atoms with van der Waals surface area (Å²) >= 11 is 0. The summed E-state index contributed by atoms with van der Waals surface area (Å²) in [6.45, 7) is 4.66. The Kier molecular flexibility index (Phi) is 7.16. The van der Waals surface area contributed by atoms with Gasteiger partial charge in [-0.05, 0) is 42.6 Å². The van der Waals surface area contributed by atoms with E-state index in [1.54, 1.807) is 0 Å². The zero-order valence-electron chi connectivity index (χ0n) is 15.9. The first kappa shape index (κ1) is 19.7. The Balaban J connectivity index is 1.86. The summed E-state index contributed by atoms with van der Waals surface area (Å²) in [4.78, 5) is 0. The smallest absolute Gasteiger partial charge is 0.123 e. The van der Waals surface area contributed by atoms with E-state index in [0.29, 0.717) is 19.8 Å². The molecule has 2 aromatic carbocycles. The molecule has 2 aromatic rings. The number of ether oxygens (including phenoxy) is 2. The van der Waals surface area contributed by atoms with Crippen molar-refractivity contribution in [2.45, 2.75) is 38.1 Å². The molecule has 3 rings (SSSR count). The molecule has 3 nitrogen and oxygen atoms in total. The van der Waals surface area contributed by atoms with Crippen LogP contribution in [-0.4, -0.2) is 25.8 Å². The molecule has 4 heteroatoms. The largest absolute Gasteiger partial charge is 0.369 e. The minimum absolute atomic E-state index is 0.151. The van der Waals surface area contributed by atoms with Gasteiger partial charge in [-0.2, -0.15) is 0 Å². The molecule has 1 fully saturated rings. The molecule has 1 heterocycles. The summed E-state index contributed by atoms with van der Waals surface area (Å²) in [6.07, 6.45) is 5.75. The number of piperidine rings is 1. The number of allylic oxidation sites excluding steroid dienone is 1. The lowest BCUT2D eigenvalue weighted by molar-refractivity contribution is -0.168. The van der Waals surface area contributed by atoms with Crippen molar-refractivity contribution in [2.75, 3.05) is 19.7 Å². The van der Waals surface area contributed by atoms with Gasteiger partial charge in [-0.1, -0.05) is 61.5 Å². The number of benzene rings is 2. The molecule has 0 amide bonds. The molecule has 2 atom stereocenters. The van der Waals surface area contributed by atoms with Crippen LogP contribution in [0, 0.1) is 5.82 Å². The van der Waals surface area contributed by atoms with Gasteiger partial charge >= 0.3 is 0 Å². The molecular weight excluding hydrogens is 341 g/mol. The highest BCUT2D eigenvalue weighted by molar-refractivity contribution is 5.27. The Morgan fingerprint density at radius 2 is 1.89 bits per heavy atom. The second-order valence-corrected chi connectivity index (χ2v) is 6.83. The Hall–Kier alpha value is -2.01. The van der Waals surface area contributed by atoms with Crippen LogP contribution in [0.25, 0.3) is 0 Å². The van der Waals surface area contributed by atoms with E-state index in [9.17, 15) is 4.39 Å². The molecule has 0 aromatic heterocycles. The summed E-state index contributed by atoms with van der Waals surface area (Å²) in [5.41, 5.74) is 1.47. The third-order valence-electron chi connectivity index (χ3n) is 4.99. The number of hydrogen-bond donors (Lipinski definition) is 1. The van der Waals surface area contributed by atoms with Gasteiger partial charge in [-0.3, -0.25) is 0 Å². The van der Waals surface area contributed by atoms with E-state index in [4.69, 9.17) is 9.47 Å². The molecule has 1 N–H and O–H groups in total. The zero-order valence-corrected chi connectivity index (χ0v) is 15.9. The predicted octanol–water partition coefficient (Wildman–Crippen LogP) is 4.58. The molecule has 0 aliphatic carbocycles. The van der Waals surface area contributed by atoms with Gasteiger partial charge < -0.3 is 14.8 Å². The maximum absolute atomic E-state index is 13.5. The van der Waals surface area contributed by atoms with E-state index < -0.39 is 5.60 Å². The van der Waals surface area contributed by atoms with Gasteiger partial charge in [-0.15, -0.1) is 0 Å². The first-order valence-electron chi connectivity index (χ1n) is 9.66. The summed E-state index contributed by atoms with van der Waals surface area (Å²) < 4.78 is 26.3. The lowest BCUT2D eigenvalue weighted by Crippen LogP contribution is -2.54. The minimum Gasteiger partial charge on any atom is -0.369 e. The topological polar surface area (TPSA) is 30.5 Å². The second kappa shape index (κ2) is 9.79. The minimum atomic E-state index is -0.602. The van der Waals surface area contributed by atoms with Crippen LogP contribution in [0.4, 0.5) is 4.39 Å². The van der Waals surface area contributed by atoms with Crippen molar-refractivity contribution in [3.8, 4) is 0 Å². The standard InChI is InChI=1S/C23H28FNO2/c1-2-3-7-16-26-22-17-25-15-14-23(22,20-10-12-21(24)13-11-20)27-18-19-8-5-4-6-9-19/h3-13,22,25H,2,14-18H2,1H3/b7-3+/t22-,23-/m0/s1. The van der Waals surface area contributed by atoms with Crippen molar-refractivity contribution in [3.05, 3.63) is 83.7 Å². The number of rotatable bonds is 8. The van der Waals surface area contributed by atoms with E-state index in [0.717, 1.165) is 30.5 Å². The lowest BCUT2D eigenvalue weighted by Gasteiger charge is -2.44. The molecule has 144 valence electrons. The van der Waals surface area contributed by atoms with Gasteiger partial charge in [0.05, 0.1) is 13.2 Å². The first-order valence-corrected chi connectivity index (χ1v) is 9.66. The van der Waals surface area contributed by atoms with Crippen molar-refractivity contribution in [2.24, 2.45) is 0 Å². The monoisotopic (exact) mass is 369 g/mol. The summed E-state index contributed by atoms with van der Waals surface area (Å²) in [7, 11) is 0. The summed E-state index contributed by atoms with van der Waals surface area (Å²) in [5.74, 6) is -0.241. The van der Waals surface area contributed by atoms with Crippen LogP contribution in [0.3, 0.4) is 0 Å². The van der Waals surface area contributed by atoms with Crippen molar-refractivity contribution in [3.63, 3.8) is 0 Å². The van der Waals surface area contributed by atoms with E-state index >= 15 is 0 Å². The van der Waals surface area contributed by atoms with E-state index in [1.807, 2.05) is 36.4 Å². The van der Waals surface area contributed by atoms with Gasteiger partial charge in [0.2, 0.25) is 0 Å². The highest BCUT2D eigenvalue weighted by Crippen LogP contribution is 2.38. The number of nitrogens with one attached hydrogen (secondary N) is 1. The Bertz CT molecular complexity index is 717. The fraction of sp³-hybridized carbons (Fsp3) is 0.391. The van der Waals surface area contributed by atoms with Crippen LogP contribution in [0.1, 0.15) is 30.9 Å². The molecule has 1 aliphatic rings. The van der Waals surface area contributed by atoms with Crippen LogP contribution in [0.15, 0.2) is 66.7 Å². The highest BCUT2D eigenvalue weighted by Gasteiger charge is 2.44. The van der Waals surface area contributed by atoms with Crippen molar-refractivity contribution in [1.29, 1.82) is 0 Å². The van der Waals surface area contributed by atoms with Gasteiger partial charge in [0.15, 0.2) is 0 Å². The molecule has 0 spiro atoms. The quantitative estimate of drug-likeness (QED) is 0.691.